The highest BCUT2D eigenvalue weighted by molar-refractivity contribution is 6.30. The molecule has 4 heteroatoms. The van der Waals surface area contributed by atoms with Gasteiger partial charge in [-0.25, -0.2) is 0 Å². The summed E-state index contributed by atoms with van der Waals surface area (Å²) in [5.74, 6) is 1.39. The number of rotatable bonds is 3. The van der Waals surface area contributed by atoms with Crippen LogP contribution in [0.5, 0.6) is 11.5 Å². The summed E-state index contributed by atoms with van der Waals surface area (Å²) >= 11 is 5.85. The quantitative estimate of drug-likeness (QED) is 0.644. The molecule has 2 aromatic rings. The van der Waals surface area contributed by atoms with Crippen molar-refractivity contribution in [2.24, 2.45) is 5.73 Å². The summed E-state index contributed by atoms with van der Waals surface area (Å²) < 4.78 is 5.60. The predicted octanol–water partition coefficient (Wildman–Crippen LogP) is 3.42. The third-order valence-electron chi connectivity index (χ3n) is 2.20. The predicted molar refractivity (Wildman–Crippen MR) is 69.0 cm³/mol. The zero-order valence-corrected chi connectivity index (χ0v) is 9.74. The molecule has 3 nitrogen and oxygen atoms in total. The van der Waals surface area contributed by atoms with Crippen molar-refractivity contribution in [1.29, 1.82) is 5.41 Å². The molecule has 0 saturated heterocycles. The van der Waals surface area contributed by atoms with E-state index in [1.54, 1.807) is 36.4 Å². The zero-order valence-electron chi connectivity index (χ0n) is 8.98. The molecule has 0 bridgehead atoms. The summed E-state index contributed by atoms with van der Waals surface area (Å²) in [4.78, 5) is 0. The van der Waals surface area contributed by atoms with Gasteiger partial charge in [-0.1, -0.05) is 17.7 Å². The number of hydrogen-bond acceptors (Lipinski definition) is 2. The Hall–Kier alpha value is -2.00. The van der Waals surface area contributed by atoms with E-state index in [9.17, 15) is 0 Å². The standard InChI is InChI=1S/C13H11ClN2O/c14-10-2-1-3-12(8-10)17-11-6-4-9(5-7-11)13(15)16/h1-8H,(H3,15,16). The van der Waals surface area contributed by atoms with Crippen molar-refractivity contribution >= 4 is 17.4 Å². The first-order valence-corrected chi connectivity index (χ1v) is 5.41. The molecule has 3 N–H and O–H groups in total. The van der Waals surface area contributed by atoms with E-state index in [4.69, 9.17) is 27.5 Å². The van der Waals surface area contributed by atoms with E-state index in [1.165, 1.54) is 0 Å². The van der Waals surface area contributed by atoms with Crippen LogP contribution < -0.4 is 10.5 Å². The molecule has 0 aliphatic rings. The second-order valence-corrected chi connectivity index (χ2v) is 3.93. The van der Waals surface area contributed by atoms with Crippen molar-refractivity contribution in [2.75, 3.05) is 0 Å². The molecule has 0 fully saturated rings. The average molecular weight is 247 g/mol. The first kappa shape index (κ1) is 11.5. The van der Waals surface area contributed by atoms with Gasteiger partial charge in [-0.3, -0.25) is 5.41 Å². The van der Waals surface area contributed by atoms with Crippen molar-refractivity contribution in [3.8, 4) is 11.5 Å². The fourth-order valence-corrected chi connectivity index (χ4v) is 1.55. The van der Waals surface area contributed by atoms with Gasteiger partial charge in [-0.05, 0) is 42.5 Å². The molecule has 86 valence electrons. The monoisotopic (exact) mass is 246 g/mol. The Bertz CT molecular complexity index is 537. The van der Waals surface area contributed by atoms with Crippen LogP contribution in [0.3, 0.4) is 0 Å². The van der Waals surface area contributed by atoms with Gasteiger partial charge in [0.2, 0.25) is 0 Å². The maximum absolute atomic E-state index is 7.27. The highest BCUT2D eigenvalue weighted by Crippen LogP contribution is 2.24. The average Bonchev–Trinajstić information content (AvgIpc) is 2.29. The van der Waals surface area contributed by atoms with E-state index in [0.29, 0.717) is 22.1 Å². The molecule has 17 heavy (non-hydrogen) atoms. The molecule has 0 amide bonds. The summed E-state index contributed by atoms with van der Waals surface area (Å²) in [6.45, 7) is 0. The number of nitrogens with two attached hydrogens (primary N) is 1. The van der Waals surface area contributed by atoms with E-state index in [-0.39, 0.29) is 5.84 Å². The first-order valence-electron chi connectivity index (χ1n) is 5.03. The minimum atomic E-state index is 0.0410. The van der Waals surface area contributed by atoms with Gasteiger partial charge in [-0.2, -0.15) is 0 Å². The third-order valence-corrected chi connectivity index (χ3v) is 2.43. The van der Waals surface area contributed by atoms with Crippen LogP contribution in [0.2, 0.25) is 5.02 Å². The Balaban J connectivity index is 2.16. The van der Waals surface area contributed by atoms with Crippen LogP contribution in [0, 0.1) is 5.41 Å². The van der Waals surface area contributed by atoms with E-state index < -0.39 is 0 Å². The molecule has 0 aliphatic heterocycles. The van der Waals surface area contributed by atoms with Gasteiger partial charge in [0.1, 0.15) is 17.3 Å². The number of ether oxygens (including phenoxy) is 1. The highest BCUT2D eigenvalue weighted by Gasteiger charge is 2.00. The summed E-state index contributed by atoms with van der Waals surface area (Å²) in [7, 11) is 0. The Labute approximate surface area is 104 Å². The Kier molecular flexibility index (Phi) is 3.30. The summed E-state index contributed by atoms with van der Waals surface area (Å²) in [6, 6.07) is 14.2. The van der Waals surface area contributed by atoms with Crippen LogP contribution in [-0.4, -0.2) is 5.84 Å². The van der Waals surface area contributed by atoms with Crippen LogP contribution in [0.1, 0.15) is 5.56 Å². The maximum atomic E-state index is 7.27. The number of amidine groups is 1. The lowest BCUT2D eigenvalue weighted by atomic mass is 10.2. The molecule has 0 atom stereocenters. The Morgan fingerprint density at radius 2 is 1.76 bits per heavy atom. The molecule has 0 aromatic heterocycles. The smallest absolute Gasteiger partial charge is 0.128 e. The van der Waals surface area contributed by atoms with Crippen molar-refractivity contribution in [2.45, 2.75) is 0 Å². The second kappa shape index (κ2) is 4.89. The molecule has 0 spiro atoms. The van der Waals surface area contributed by atoms with Crippen LogP contribution >= 0.6 is 11.6 Å². The van der Waals surface area contributed by atoms with Gasteiger partial charge in [0.05, 0.1) is 0 Å². The lowest BCUT2D eigenvalue weighted by Crippen LogP contribution is -2.10. The van der Waals surface area contributed by atoms with E-state index in [2.05, 4.69) is 0 Å². The second-order valence-electron chi connectivity index (χ2n) is 3.50. The largest absolute Gasteiger partial charge is 0.457 e. The van der Waals surface area contributed by atoms with E-state index >= 15 is 0 Å². The summed E-state index contributed by atoms with van der Waals surface area (Å²) in [5.41, 5.74) is 6.03. The summed E-state index contributed by atoms with van der Waals surface area (Å²) in [5, 5.41) is 7.90. The minimum absolute atomic E-state index is 0.0410. The maximum Gasteiger partial charge on any atom is 0.128 e. The minimum Gasteiger partial charge on any atom is -0.457 e. The first-order chi connectivity index (χ1) is 8.15. The number of hydrogen-bond donors (Lipinski definition) is 2. The molecule has 0 heterocycles. The fraction of sp³-hybridized carbons (Fsp3) is 0. The van der Waals surface area contributed by atoms with Gasteiger partial charge in [0.15, 0.2) is 0 Å². The van der Waals surface area contributed by atoms with Crippen LogP contribution in [0.25, 0.3) is 0 Å². The van der Waals surface area contributed by atoms with Crippen molar-refractivity contribution in [1.82, 2.24) is 0 Å². The molecule has 2 aromatic carbocycles. The van der Waals surface area contributed by atoms with Gasteiger partial charge >= 0.3 is 0 Å². The van der Waals surface area contributed by atoms with E-state index in [1.807, 2.05) is 12.1 Å². The Morgan fingerprint density at radius 3 is 2.35 bits per heavy atom. The van der Waals surface area contributed by atoms with Crippen LogP contribution in [0.15, 0.2) is 48.5 Å². The van der Waals surface area contributed by atoms with Gasteiger partial charge in [0, 0.05) is 10.6 Å². The fourth-order valence-electron chi connectivity index (χ4n) is 1.37. The molecule has 0 saturated carbocycles. The summed E-state index contributed by atoms with van der Waals surface area (Å²) in [6.07, 6.45) is 0. The molecular weight excluding hydrogens is 236 g/mol. The normalized spacial score (nSPS) is 9.94. The zero-order chi connectivity index (χ0) is 12.3. The molecule has 0 radical (unpaired) electrons. The van der Waals surface area contributed by atoms with Gasteiger partial charge in [0.25, 0.3) is 0 Å². The lowest BCUT2D eigenvalue weighted by molar-refractivity contribution is 0.482. The van der Waals surface area contributed by atoms with Crippen molar-refractivity contribution in [3.05, 3.63) is 59.1 Å². The van der Waals surface area contributed by atoms with Crippen molar-refractivity contribution in [3.63, 3.8) is 0 Å². The lowest BCUT2D eigenvalue weighted by Gasteiger charge is -2.06. The van der Waals surface area contributed by atoms with Crippen molar-refractivity contribution < 1.29 is 4.74 Å². The number of halogens is 1. The van der Waals surface area contributed by atoms with Crippen LogP contribution in [-0.2, 0) is 0 Å². The number of benzene rings is 2. The molecule has 0 unspecified atom stereocenters. The van der Waals surface area contributed by atoms with Crippen LogP contribution in [0.4, 0.5) is 0 Å². The highest BCUT2D eigenvalue weighted by atomic mass is 35.5. The third kappa shape index (κ3) is 2.98. The molecular formula is C13H11ClN2O. The number of nitrogens with one attached hydrogen (secondary N) is 1. The Morgan fingerprint density at radius 1 is 1.06 bits per heavy atom. The number of nitrogen functional groups attached to an aromatic ring is 1. The molecule has 2 rings (SSSR count). The topological polar surface area (TPSA) is 59.1 Å². The van der Waals surface area contributed by atoms with E-state index in [0.717, 1.165) is 0 Å². The SMILES string of the molecule is N=C(N)c1ccc(Oc2cccc(Cl)c2)cc1. The molecule has 0 aliphatic carbocycles. The van der Waals surface area contributed by atoms with Gasteiger partial charge < -0.3 is 10.5 Å². The van der Waals surface area contributed by atoms with Gasteiger partial charge in [-0.15, -0.1) is 0 Å².